The summed E-state index contributed by atoms with van der Waals surface area (Å²) in [6.45, 7) is 8.77. The van der Waals surface area contributed by atoms with Crippen LogP contribution >= 0.6 is 0 Å². The van der Waals surface area contributed by atoms with Gasteiger partial charge in [-0.15, -0.1) is 0 Å². The fraction of sp³-hybridized carbons (Fsp3) is 0.571. The predicted octanol–water partition coefficient (Wildman–Crippen LogP) is 2.31. The second-order valence-electron chi connectivity index (χ2n) is 5.46. The second kappa shape index (κ2) is 4.19. The molecule has 0 amide bonds. The molecule has 2 nitrogen and oxygen atoms in total. The van der Waals surface area contributed by atoms with E-state index in [2.05, 4.69) is 49.9 Å². The van der Waals surface area contributed by atoms with Gasteiger partial charge in [-0.1, -0.05) is 29.8 Å². The van der Waals surface area contributed by atoms with Gasteiger partial charge in [0.25, 0.3) is 0 Å². The van der Waals surface area contributed by atoms with Crippen molar-refractivity contribution >= 4 is 0 Å². The number of rotatable bonds is 2. The van der Waals surface area contributed by atoms with Gasteiger partial charge in [-0.25, -0.2) is 0 Å². The summed E-state index contributed by atoms with van der Waals surface area (Å²) in [7, 11) is 0. The number of likely N-dealkylation sites (tertiary alicyclic amines) is 1. The molecule has 0 radical (unpaired) electrons. The van der Waals surface area contributed by atoms with Crippen LogP contribution in [0.1, 0.15) is 31.4 Å². The molecule has 2 N–H and O–H groups in total. The Bertz CT molecular complexity index is 371. The monoisotopic (exact) mass is 218 g/mol. The quantitative estimate of drug-likeness (QED) is 0.825. The summed E-state index contributed by atoms with van der Waals surface area (Å²) in [6.07, 6.45) is 1.11. The number of aryl methyl sites for hydroxylation is 1. The third-order valence-electron chi connectivity index (χ3n) is 3.89. The van der Waals surface area contributed by atoms with Crippen molar-refractivity contribution in [2.45, 2.75) is 45.3 Å². The van der Waals surface area contributed by atoms with Crippen LogP contribution in [0.3, 0.4) is 0 Å². The van der Waals surface area contributed by atoms with E-state index in [1.165, 1.54) is 11.1 Å². The van der Waals surface area contributed by atoms with Gasteiger partial charge < -0.3 is 5.73 Å². The molecule has 1 saturated heterocycles. The lowest BCUT2D eigenvalue weighted by atomic mass is 9.96. The summed E-state index contributed by atoms with van der Waals surface area (Å²) >= 11 is 0. The van der Waals surface area contributed by atoms with E-state index in [1.807, 2.05) is 0 Å². The zero-order valence-electron chi connectivity index (χ0n) is 10.5. The van der Waals surface area contributed by atoms with Gasteiger partial charge in [-0.05, 0) is 32.8 Å². The van der Waals surface area contributed by atoms with Crippen LogP contribution in [-0.2, 0) is 6.54 Å². The summed E-state index contributed by atoms with van der Waals surface area (Å²) in [5, 5.41) is 0. The highest BCUT2D eigenvalue weighted by Crippen LogP contribution is 2.29. The molecular formula is C14H22N2. The van der Waals surface area contributed by atoms with Crippen molar-refractivity contribution < 1.29 is 0 Å². The standard InChI is InChI=1S/C14H22N2/c1-11-5-4-6-12(9-11)10-16-8-7-13(15)14(16,2)3/h4-6,9,13H,7-8,10,15H2,1-3H3. The highest BCUT2D eigenvalue weighted by Gasteiger charge is 2.38. The Kier molecular flexibility index (Phi) is 3.04. The highest BCUT2D eigenvalue weighted by atomic mass is 15.2. The molecule has 1 aliphatic heterocycles. The van der Waals surface area contributed by atoms with Crippen LogP contribution in [0.15, 0.2) is 24.3 Å². The Labute approximate surface area is 98.4 Å². The van der Waals surface area contributed by atoms with Gasteiger partial charge in [-0.3, -0.25) is 4.90 Å². The van der Waals surface area contributed by atoms with Crippen LogP contribution < -0.4 is 5.73 Å². The molecule has 1 unspecified atom stereocenters. The topological polar surface area (TPSA) is 29.3 Å². The minimum atomic E-state index is 0.129. The zero-order chi connectivity index (χ0) is 11.8. The van der Waals surface area contributed by atoms with Crippen molar-refractivity contribution in [1.82, 2.24) is 4.90 Å². The summed E-state index contributed by atoms with van der Waals surface area (Å²) in [5.41, 5.74) is 9.00. The first-order valence-electron chi connectivity index (χ1n) is 6.06. The van der Waals surface area contributed by atoms with Crippen molar-refractivity contribution in [2.24, 2.45) is 5.73 Å². The molecule has 0 aromatic heterocycles. The Balaban J connectivity index is 2.11. The maximum Gasteiger partial charge on any atom is 0.0308 e. The summed E-state index contributed by atoms with van der Waals surface area (Å²) in [4.78, 5) is 2.49. The van der Waals surface area contributed by atoms with Crippen molar-refractivity contribution in [1.29, 1.82) is 0 Å². The molecule has 1 heterocycles. The van der Waals surface area contributed by atoms with E-state index >= 15 is 0 Å². The Morgan fingerprint density at radius 3 is 2.75 bits per heavy atom. The minimum Gasteiger partial charge on any atom is -0.326 e. The zero-order valence-corrected chi connectivity index (χ0v) is 10.5. The van der Waals surface area contributed by atoms with Crippen molar-refractivity contribution in [3.63, 3.8) is 0 Å². The number of benzene rings is 1. The molecule has 88 valence electrons. The lowest BCUT2D eigenvalue weighted by molar-refractivity contribution is 0.154. The van der Waals surface area contributed by atoms with Gasteiger partial charge >= 0.3 is 0 Å². The number of hydrogen-bond donors (Lipinski definition) is 1. The van der Waals surface area contributed by atoms with Crippen LogP contribution in [0.5, 0.6) is 0 Å². The van der Waals surface area contributed by atoms with E-state index in [9.17, 15) is 0 Å². The van der Waals surface area contributed by atoms with Crippen LogP contribution in [0, 0.1) is 6.92 Å². The molecule has 0 spiro atoms. The molecule has 2 rings (SSSR count). The first-order valence-corrected chi connectivity index (χ1v) is 6.06. The van der Waals surface area contributed by atoms with E-state index in [-0.39, 0.29) is 5.54 Å². The number of nitrogens with zero attached hydrogens (tertiary/aromatic N) is 1. The molecule has 16 heavy (non-hydrogen) atoms. The lowest BCUT2D eigenvalue weighted by Gasteiger charge is -2.34. The first-order chi connectivity index (χ1) is 7.50. The fourth-order valence-corrected chi connectivity index (χ4v) is 2.48. The van der Waals surface area contributed by atoms with Crippen LogP contribution in [0.25, 0.3) is 0 Å². The highest BCUT2D eigenvalue weighted by molar-refractivity contribution is 5.22. The third kappa shape index (κ3) is 2.13. The van der Waals surface area contributed by atoms with Crippen LogP contribution in [-0.4, -0.2) is 23.0 Å². The van der Waals surface area contributed by atoms with Gasteiger partial charge in [0.2, 0.25) is 0 Å². The molecule has 1 aliphatic rings. The number of hydrogen-bond acceptors (Lipinski definition) is 2. The minimum absolute atomic E-state index is 0.129. The molecule has 2 heteroatoms. The molecule has 1 atom stereocenters. The Morgan fingerprint density at radius 1 is 1.44 bits per heavy atom. The second-order valence-corrected chi connectivity index (χ2v) is 5.46. The molecule has 1 aromatic rings. The fourth-order valence-electron chi connectivity index (χ4n) is 2.48. The SMILES string of the molecule is Cc1cccc(CN2CCC(N)C2(C)C)c1. The van der Waals surface area contributed by atoms with E-state index < -0.39 is 0 Å². The van der Waals surface area contributed by atoms with Crippen molar-refractivity contribution in [2.75, 3.05) is 6.54 Å². The summed E-state index contributed by atoms with van der Waals surface area (Å²) < 4.78 is 0. The average Bonchev–Trinajstić information content (AvgIpc) is 2.45. The van der Waals surface area contributed by atoms with E-state index in [1.54, 1.807) is 0 Å². The molecule has 1 fully saturated rings. The smallest absolute Gasteiger partial charge is 0.0308 e. The largest absolute Gasteiger partial charge is 0.326 e. The lowest BCUT2D eigenvalue weighted by Crippen LogP contribution is -2.48. The van der Waals surface area contributed by atoms with E-state index in [4.69, 9.17) is 5.73 Å². The maximum absolute atomic E-state index is 6.14. The van der Waals surface area contributed by atoms with E-state index in [0.29, 0.717) is 6.04 Å². The van der Waals surface area contributed by atoms with Gasteiger partial charge in [0.05, 0.1) is 0 Å². The Morgan fingerprint density at radius 2 is 2.19 bits per heavy atom. The number of nitrogens with two attached hydrogens (primary N) is 1. The summed E-state index contributed by atoms with van der Waals surface area (Å²) in [5.74, 6) is 0. The molecule has 1 aromatic carbocycles. The molecule has 0 saturated carbocycles. The van der Waals surface area contributed by atoms with Gasteiger partial charge in [0.1, 0.15) is 0 Å². The Hall–Kier alpha value is -0.860. The summed E-state index contributed by atoms with van der Waals surface area (Å²) in [6, 6.07) is 9.04. The van der Waals surface area contributed by atoms with Gasteiger partial charge in [0.15, 0.2) is 0 Å². The molecular weight excluding hydrogens is 196 g/mol. The normalized spacial score (nSPS) is 24.9. The molecule has 0 aliphatic carbocycles. The molecule has 0 bridgehead atoms. The predicted molar refractivity (Wildman–Crippen MR) is 68.3 cm³/mol. The van der Waals surface area contributed by atoms with Crippen LogP contribution in [0.4, 0.5) is 0 Å². The van der Waals surface area contributed by atoms with E-state index in [0.717, 1.165) is 19.5 Å². The van der Waals surface area contributed by atoms with Crippen LogP contribution in [0.2, 0.25) is 0 Å². The van der Waals surface area contributed by atoms with Gasteiger partial charge in [0, 0.05) is 24.7 Å². The average molecular weight is 218 g/mol. The first kappa shape index (κ1) is 11.6. The third-order valence-corrected chi connectivity index (χ3v) is 3.89. The maximum atomic E-state index is 6.14. The van der Waals surface area contributed by atoms with Gasteiger partial charge in [-0.2, -0.15) is 0 Å². The van der Waals surface area contributed by atoms with Crippen molar-refractivity contribution in [3.8, 4) is 0 Å². The van der Waals surface area contributed by atoms with Crippen molar-refractivity contribution in [3.05, 3.63) is 35.4 Å².